The van der Waals surface area contributed by atoms with Crippen molar-refractivity contribution in [2.45, 2.75) is 43.9 Å². The third-order valence-corrected chi connectivity index (χ3v) is 3.32. The molecule has 0 aromatic rings. The Morgan fingerprint density at radius 3 is 3.06 bits per heavy atom. The number of fused-ring (bicyclic) bond motifs is 2. The van der Waals surface area contributed by atoms with E-state index in [4.69, 9.17) is 14.2 Å². The highest BCUT2D eigenvalue weighted by molar-refractivity contribution is 5.34. The van der Waals surface area contributed by atoms with Crippen LogP contribution in [0.3, 0.4) is 0 Å². The molecular formula is C14H14O4. The van der Waals surface area contributed by atoms with E-state index >= 15 is 0 Å². The van der Waals surface area contributed by atoms with Gasteiger partial charge in [-0.3, -0.25) is 0 Å². The van der Waals surface area contributed by atoms with Crippen LogP contribution in [0.15, 0.2) is 11.8 Å². The fourth-order valence-corrected chi connectivity index (χ4v) is 2.36. The first-order valence-corrected chi connectivity index (χ1v) is 6.04. The van der Waals surface area contributed by atoms with Crippen molar-refractivity contribution in [3.63, 3.8) is 0 Å². The quantitative estimate of drug-likeness (QED) is 0.501. The SMILES string of the molecule is CC#CC#C/C=C1\O[C@@]2(CC[C@H](O)CO2)[C@@H]2O[C@H]12. The van der Waals surface area contributed by atoms with Crippen molar-refractivity contribution in [2.75, 3.05) is 6.61 Å². The molecule has 3 fully saturated rings. The normalized spacial score (nSPS) is 42.3. The van der Waals surface area contributed by atoms with Crippen LogP contribution in [0.4, 0.5) is 0 Å². The summed E-state index contributed by atoms with van der Waals surface area (Å²) in [5, 5.41) is 9.45. The first-order chi connectivity index (χ1) is 8.75. The molecule has 3 rings (SSSR count). The van der Waals surface area contributed by atoms with Crippen molar-refractivity contribution in [2.24, 2.45) is 0 Å². The molecule has 0 saturated carbocycles. The Balaban J connectivity index is 1.72. The van der Waals surface area contributed by atoms with Gasteiger partial charge < -0.3 is 19.3 Å². The van der Waals surface area contributed by atoms with Crippen molar-refractivity contribution in [3.8, 4) is 23.7 Å². The Kier molecular flexibility index (Phi) is 2.80. The number of epoxide rings is 1. The summed E-state index contributed by atoms with van der Waals surface area (Å²) in [5.41, 5.74) is 0. The lowest BCUT2D eigenvalue weighted by molar-refractivity contribution is -0.257. The van der Waals surface area contributed by atoms with Crippen LogP contribution in [0.25, 0.3) is 0 Å². The van der Waals surface area contributed by atoms with Gasteiger partial charge >= 0.3 is 0 Å². The van der Waals surface area contributed by atoms with Gasteiger partial charge in [0.2, 0.25) is 5.79 Å². The fourth-order valence-electron chi connectivity index (χ4n) is 2.36. The summed E-state index contributed by atoms with van der Waals surface area (Å²) >= 11 is 0. The molecule has 4 heteroatoms. The number of hydrogen-bond acceptors (Lipinski definition) is 4. The number of allylic oxidation sites excluding steroid dienone is 1. The largest absolute Gasteiger partial charge is 0.460 e. The summed E-state index contributed by atoms with van der Waals surface area (Å²) in [6.45, 7) is 2.04. The molecule has 0 unspecified atom stereocenters. The van der Waals surface area contributed by atoms with Crippen molar-refractivity contribution in [1.29, 1.82) is 0 Å². The van der Waals surface area contributed by atoms with E-state index < -0.39 is 11.9 Å². The highest BCUT2D eigenvalue weighted by Crippen LogP contribution is 2.52. The molecule has 3 heterocycles. The minimum absolute atomic E-state index is 0.0378. The molecule has 0 radical (unpaired) electrons. The molecule has 1 spiro atoms. The predicted octanol–water partition coefficient (Wildman–Crippen LogP) is 0.562. The molecule has 3 aliphatic heterocycles. The van der Waals surface area contributed by atoms with Gasteiger partial charge in [0, 0.05) is 12.5 Å². The highest BCUT2D eigenvalue weighted by atomic mass is 16.8. The molecule has 3 aliphatic rings. The Labute approximate surface area is 106 Å². The van der Waals surface area contributed by atoms with Crippen LogP contribution >= 0.6 is 0 Å². The second-order valence-electron chi connectivity index (χ2n) is 4.59. The van der Waals surface area contributed by atoms with Crippen LogP contribution in [0.5, 0.6) is 0 Å². The fraction of sp³-hybridized carbons (Fsp3) is 0.571. The van der Waals surface area contributed by atoms with Crippen LogP contribution in [-0.4, -0.2) is 35.8 Å². The minimum atomic E-state index is -0.701. The van der Waals surface area contributed by atoms with Gasteiger partial charge in [-0.25, -0.2) is 0 Å². The molecule has 3 saturated heterocycles. The van der Waals surface area contributed by atoms with E-state index in [1.54, 1.807) is 13.0 Å². The molecule has 4 atom stereocenters. The maximum atomic E-state index is 9.45. The van der Waals surface area contributed by atoms with E-state index in [0.717, 1.165) is 0 Å². The van der Waals surface area contributed by atoms with E-state index in [9.17, 15) is 5.11 Å². The second-order valence-corrected chi connectivity index (χ2v) is 4.59. The van der Waals surface area contributed by atoms with Gasteiger partial charge in [-0.05, 0) is 25.2 Å². The van der Waals surface area contributed by atoms with Gasteiger partial charge in [-0.15, -0.1) is 0 Å². The minimum Gasteiger partial charge on any atom is -0.460 e. The van der Waals surface area contributed by atoms with E-state index in [1.807, 2.05) is 0 Å². The van der Waals surface area contributed by atoms with E-state index in [2.05, 4.69) is 23.7 Å². The number of aliphatic hydroxyl groups excluding tert-OH is 1. The summed E-state index contributed by atoms with van der Waals surface area (Å²) in [7, 11) is 0. The van der Waals surface area contributed by atoms with Crippen LogP contribution in [0, 0.1) is 23.7 Å². The standard InChI is InChI=1S/C14H14O4/c1-2-3-4-5-6-11-12-13(17-12)14(18-11)8-7-10(15)9-16-14/h6,10,12-13,15H,7-9H2,1H3/b11-6-/t10-,12+,13+,14-/m0/s1. The number of ether oxygens (including phenoxy) is 3. The molecule has 1 N–H and O–H groups in total. The summed E-state index contributed by atoms with van der Waals surface area (Å²) in [5.74, 6) is 10.9. The zero-order chi connectivity index (χ0) is 12.6. The average Bonchev–Trinajstić information content (AvgIpc) is 3.12. The van der Waals surface area contributed by atoms with Crippen molar-refractivity contribution in [1.82, 2.24) is 0 Å². The summed E-state index contributed by atoms with van der Waals surface area (Å²) in [4.78, 5) is 0. The van der Waals surface area contributed by atoms with Crippen molar-refractivity contribution < 1.29 is 19.3 Å². The number of aliphatic hydroxyl groups is 1. The summed E-state index contributed by atoms with van der Waals surface area (Å²) < 4.78 is 17.0. The molecule has 4 nitrogen and oxygen atoms in total. The molecule has 0 amide bonds. The van der Waals surface area contributed by atoms with Gasteiger partial charge in [0.15, 0.2) is 6.10 Å². The van der Waals surface area contributed by atoms with Crippen LogP contribution in [0.2, 0.25) is 0 Å². The van der Waals surface area contributed by atoms with Crippen molar-refractivity contribution in [3.05, 3.63) is 11.8 Å². The Morgan fingerprint density at radius 2 is 2.33 bits per heavy atom. The monoisotopic (exact) mass is 246 g/mol. The Hall–Kier alpha value is -1.46. The molecule has 18 heavy (non-hydrogen) atoms. The first kappa shape index (κ1) is 11.6. The highest BCUT2D eigenvalue weighted by Gasteiger charge is 2.67. The Bertz CT molecular complexity index is 491. The molecule has 0 aromatic heterocycles. The first-order valence-electron chi connectivity index (χ1n) is 6.04. The van der Waals surface area contributed by atoms with Crippen LogP contribution < -0.4 is 0 Å². The second kappa shape index (κ2) is 4.33. The van der Waals surface area contributed by atoms with Gasteiger partial charge in [-0.2, -0.15) is 0 Å². The van der Waals surface area contributed by atoms with Gasteiger partial charge in [0.05, 0.1) is 12.7 Å². The third kappa shape index (κ3) is 1.89. The lowest BCUT2D eigenvalue weighted by Gasteiger charge is -2.35. The summed E-state index contributed by atoms with van der Waals surface area (Å²) in [6.07, 6.45) is 2.53. The van der Waals surface area contributed by atoms with Gasteiger partial charge in [0.25, 0.3) is 0 Å². The smallest absolute Gasteiger partial charge is 0.239 e. The average molecular weight is 246 g/mol. The van der Waals surface area contributed by atoms with Gasteiger partial charge in [-0.1, -0.05) is 11.8 Å². The molecular weight excluding hydrogens is 232 g/mol. The van der Waals surface area contributed by atoms with E-state index in [1.165, 1.54) is 0 Å². The van der Waals surface area contributed by atoms with Crippen LogP contribution in [0.1, 0.15) is 19.8 Å². The number of rotatable bonds is 0. The number of hydrogen-bond donors (Lipinski definition) is 1. The van der Waals surface area contributed by atoms with E-state index in [-0.39, 0.29) is 12.2 Å². The lowest BCUT2D eigenvalue weighted by Crippen LogP contribution is -2.45. The molecule has 0 aliphatic carbocycles. The zero-order valence-electron chi connectivity index (χ0n) is 10.1. The Morgan fingerprint density at radius 1 is 1.44 bits per heavy atom. The molecule has 0 bridgehead atoms. The maximum absolute atomic E-state index is 9.45. The van der Waals surface area contributed by atoms with Crippen LogP contribution in [-0.2, 0) is 14.2 Å². The lowest BCUT2D eigenvalue weighted by atomic mass is 10.0. The van der Waals surface area contributed by atoms with E-state index in [0.29, 0.717) is 25.2 Å². The molecule has 0 aromatic carbocycles. The van der Waals surface area contributed by atoms with Crippen molar-refractivity contribution >= 4 is 0 Å². The predicted molar refractivity (Wildman–Crippen MR) is 63.0 cm³/mol. The molecule has 94 valence electrons. The third-order valence-electron chi connectivity index (χ3n) is 3.32. The summed E-state index contributed by atoms with van der Waals surface area (Å²) in [6, 6.07) is 0. The zero-order valence-corrected chi connectivity index (χ0v) is 10.1. The maximum Gasteiger partial charge on any atom is 0.239 e. The van der Waals surface area contributed by atoms with Gasteiger partial charge in [0.1, 0.15) is 11.9 Å². The topological polar surface area (TPSA) is 51.2 Å².